The summed E-state index contributed by atoms with van der Waals surface area (Å²) >= 11 is 0. The second-order valence-electron chi connectivity index (χ2n) is 19.8. The zero-order chi connectivity index (χ0) is 43.7. The summed E-state index contributed by atoms with van der Waals surface area (Å²) in [7, 11) is 0.798. The van der Waals surface area contributed by atoms with Gasteiger partial charge in [0, 0.05) is 0 Å². The van der Waals surface area contributed by atoms with Gasteiger partial charge in [0.2, 0.25) is 0 Å². The normalized spacial score (nSPS) is 14.8. The van der Waals surface area contributed by atoms with Gasteiger partial charge in [0.15, 0.2) is 0 Å². The van der Waals surface area contributed by atoms with Crippen molar-refractivity contribution in [2.24, 2.45) is 0 Å². The molecule has 0 aliphatic carbocycles. The van der Waals surface area contributed by atoms with Crippen molar-refractivity contribution in [2.75, 3.05) is 19.6 Å². The van der Waals surface area contributed by atoms with Crippen LogP contribution in [-0.4, -0.2) is 25.8 Å². The Hall–Kier alpha value is -4.44. The van der Waals surface area contributed by atoms with Crippen LogP contribution in [0.4, 0.5) is 22.7 Å². The molecule has 60 heavy (non-hydrogen) atoms. The van der Waals surface area contributed by atoms with E-state index in [-0.39, 0.29) is 6.07 Å². The summed E-state index contributed by atoms with van der Waals surface area (Å²) in [5.74, 6) is 2.98. The Kier molecular flexibility index (Phi) is 14.0. The van der Waals surface area contributed by atoms with E-state index in [0.29, 0.717) is 47.3 Å². The van der Waals surface area contributed by atoms with Gasteiger partial charge in [-0.05, 0) is 0 Å². The molecule has 0 aromatic heterocycles. The zero-order valence-corrected chi connectivity index (χ0v) is 40.0. The second kappa shape index (κ2) is 18.7. The van der Waals surface area contributed by atoms with Gasteiger partial charge in [-0.3, -0.25) is 0 Å². The first-order valence-electron chi connectivity index (χ1n) is 23.2. The van der Waals surface area contributed by atoms with Gasteiger partial charge in [-0.25, -0.2) is 0 Å². The molecule has 4 aromatic carbocycles. The van der Waals surface area contributed by atoms with E-state index in [1.807, 2.05) is 0 Å². The Morgan fingerprint density at radius 3 is 0.817 bits per heavy atom. The summed E-state index contributed by atoms with van der Waals surface area (Å²) < 4.78 is 0. The molecule has 2 heterocycles. The average molecular weight is 801 g/mol. The number of rotatable bonds is 14. The topological polar surface area (TPSA) is 13.0 Å². The number of anilines is 4. The van der Waals surface area contributed by atoms with Crippen LogP contribution < -0.4 is 19.6 Å². The quantitative estimate of drug-likeness (QED) is 0.118. The number of benzene rings is 4. The predicted octanol–water partition coefficient (Wildman–Crippen LogP) is 14.4. The van der Waals surface area contributed by atoms with Gasteiger partial charge >= 0.3 is 368 Å². The molecule has 0 amide bonds. The van der Waals surface area contributed by atoms with Crippen LogP contribution in [-0.2, 0) is 0 Å². The molecule has 6 heteroatoms. The van der Waals surface area contributed by atoms with Crippen LogP contribution in [0.15, 0.2) is 97.6 Å². The van der Waals surface area contributed by atoms with Gasteiger partial charge in [-0.15, -0.1) is 0 Å². The molecule has 0 N–H and O–H groups in total. The maximum atomic E-state index is 2.63. The van der Waals surface area contributed by atoms with Crippen molar-refractivity contribution in [3.63, 3.8) is 0 Å². The number of hydrogen-bond donors (Lipinski definition) is 0. The fraction of sp³-hybridized carbons (Fsp3) is 0.463. The molecule has 0 atom stereocenters. The van der Waals surface area contributed by atoms with Crippen LogP contribution in [0.3, 0.4) is 0 Å². The molecule has 0 unspecified atom stereocenters. The third-order valence-corrected chi connectivity index (χ3v) is 12.8. The Morgan fingerprint density at radius 1 is 0.350 bits per heavy atom. The van der Waals surface area contributed by atoms with E-state index in [4.69, 9.17) is 0 Å². The molecule has 2 aliphatic rings. The molecule has 2 aliphatic heterocycles. The summed E-state index contributed by atoms with van der Waals surface area (Å²) in [6.07, 6.45) is 9.46. The van der Waals surface area contributed by atoms with Gasteiger partial charge in [0.1, 0.15) is 0 Å². The van der Waals surface area contributed by atoms with Crippen LogP contribution in [0.5, 0.6) is 0 Å². The van der Waals surface area contributed by atoms with Crippen LogP contribution in [0.25, 0.3) is 0 Å². The first-order valence-corrected chi connectivity index (χ1v) is 23.2. The minimum atomic E-state index is 0.00595. The first-order chi connectivity index (χ1) is 28.5. The molecule has 0 bridgehead atoms. The molecular weight excluding hydrogens is 726 g/mol. The monoisotopic (exact) mass is 801 g/mol. The summed E-state index contributed by atoms with van der Waals surface area (Å²) in [5, 5.41) is 0. The van der Waals surface area contributed by atoms with Crippen molar-refractivity contribution in [1.82, 2.24) is 0 Å². The van der Waals surface area contributed by atoms with E-state index in [0.717, 1.165) is 7.17 Å². The molecular formula is C54H74B2N4. The van der Waals surface area contributed by atoms with Crippen LogP contribution in [0.2, 0.25) is 0 Å². The standard InChI is InChI=1S/C54H74B2N4/c1-33(2)41-21-17-22-42(34(3)4)49(41)57-29-30-58(50-43(35(5)6)23-18-24-44(50)36(7)8)53(57)55-56-54-59(51-45(37(9)10)25-19-26-46(51)38(11)12)31-32-60(54)52-47(39(13)14)27-20-28-48(52)40(15)16/h17-40,53,55H,1-16H3. The van der Waals surface area contributed by atoms with Crippen molar-refractivity contribution in [1.29, 1.82) is 0 Å². The van der Waals surface area contributed by atoms with E-state index in [1.165, 1.54) is 73.0 Å². The molecule has 0 saturated heterocycles. The fourth-order valence-electron chi connectivity index (χ4n) is 9.54. The summed E-state index contributed by atoms with van der Waals surface area (Å²) in [6.45, 7) is 40.1. The van der Waals surface area contributed by atoms with Crippen molar-refractivity contribution in [3.05, 3.63) is 142 Å². The molecule has 4 aromatic rings. The van der Waals surface area contributed by atoms with Gasteiger partial charge < -0.3 is 0 Å². The molecule has 0 fully saturated rings. The second-order valence-corrected chi connectivity index (χ2v) is 19.8. The van der Waals surface area contributed by atoms with E-state index < -0.39 is 0 Å². The van der Waals surface area contributed by atoms with Gasteiger partial charge in [0.05, 0.1) is 0 Å². The summed E-state index contributed by atoms with van der Waals surface area (Å²) in [4.78, 5) is 10.3. The van der Waals surface area contributed by atoms with E-state index in [2.05, 4.69) is 235 Å². The van der Waals surface area contributed by atoms with Crippen molar-refractivity contribution in [2.45, 2.75) is 164 Å². The Balaban J connectivity index is 1.65. The Bertz CT molecular complexity index is 1970. The van der Waals surface area contributed by atoms with Gasteiger partial charge in [0.25, 0.3) is 0 Å². The summed E-state index contributed by atoms with van der Waals surface area (Å²) in [6, 6.07) is 27.9. The Morgan fingerprint density at radius 2 is 0.583 bits per heavy atom. The van der Waals surface area contributed by atoms with Crippen molar-refractivity contribution in [3.8, 4) is 0 Å². The van der Waals surface area contributed by atoms with Gasteiger partial charge in [-0.1, -0.05) is 0 Å². The fourth-order valence-corrected chi connectivity index (χ4v) is 9.54. The van der Waals surface area contributed by atoms with Crippen molar-refractivity contribution >= 4 is 42.4 Å². The molecule has 0 radical (unpaired) electrons. The van der Waals surface area contributed by atoms with Gasteiger partial charge in [-0.2, -0.15) is 0 Å². The van der Waals surface area contributed by atoms with Crippen molar-refractivity contribution < 1.29 is 0 Å². The predicted molar refractivity (Wildman–Crippen MR) is 268 cm³/mol. The van der Waals surface area contributed by atoms with Crippen LogP contribution in [0, 0.1) is 0 Å². The molecule has 4 nitrogen and oxygen atoms in total. The van der Waals surface area contributed by atoms with E-state index in [9.17, 15) is 0 Å². The summed E-state index contributed by atoms with van der Waals surface area (Å²) in [5.41, 5.74) is 17.7. The number of para-hydroxylation sites is 4. The molecule has 316 valence electrons. The van der Waals surface area contributed by atoms with E-state index in [1.54, 1.807) is 0 Å². The molecule has 0 saturated carbocycles. The minimum absolute atomic E-state index is 0.00595. The van der Waals surface area contributed by atoms with E-state index >= 15 is 0 Å². The SMILES string of the molecule is CC(C)c1cccc(C(C)C)c1N1C=CN(c2c(C(C)C)cccc2C(C)C)C1=BBC1N(c2c(C(C)C)cccc2C(C)C)C=CN1c1c(C(C)C)cccc1C(C)C. The number of nitrogens with zero attached hydrogens (tertiary/aromatic N) is 4. The third kappa shape index (κ3) is 8.68. The third-order valence-electron chi connectivity index (χ3n) is 12.8. The zero-order valence-electron chi connectivity index (χ0n) is 40.0. The molecule has 6 rings (SSSR count). The van der Waals surface area contributed by atoms with Crippen LogP contribution in [0.1, 0.15) is 203 Å². The maximum absolute atomic E-state index is 2.63. The average Bonchev–Trinajstić information content (AvgIpc) is 3.82. The number of hydrogen-bond acceptors (Lipinski definition) is 4. The Labute approximate surface area is 366 Å². The molecule has 0 spiro atoms. The first kappa shape index (κ1) is 45.1. The van der Waals surface area contributed by atoms with Crippen LogP contribution >= 0.6 is 0 Å².